The van der Waals surface area contributed by atoms with Crippen LogP contribution in [0.25, 0.3) is 17.2 Å². The minimum atomic E-state index is -0.758. The van der Waals surface area contributed by atoms with Crippen molar-refractivity contribution in [3.05, 3.63) is 39.0 Å². The lowest BCUT2D eigenvalue weighted by Crippen LogP contribution is -2.16. The number of hydrogen-bond acceptors (Lipinski definition) is 8. The normalized spacial score (nSPS) is 10.5. The van der Waals surface area contributed by atoms with E-state index in [1.165, 1.54) is 18.2 Å². The van der Waals surface area contributed by atoms with Crippen LogP contribution in [0.2, 0.25) is 0 Å². The lowest BCUT2D eigenvalue weighted by molar-refractivity contribution is 0.309. The van der Waals surface area contributed by atoms with Crippen LogP contribution in [0.15, 0.2) is 36.6 Å². The number of nitrogens with two attached hydrogens (primary N) is 1. The van der Waals surface area contributed by atoms with E-state index < -0.39 is 11.6 Å². The third-order valence-corrected chi connectivity index (χ3v) is 3.51. The number of anilines is 1. The third-order valence-electron chi connectivity index (χ3n) is 2.90. The average molecular weight is 422 g/mol. The number of nitrogens with one attached hydrogen (secondary N) is 1. The molecule has 0 spiro atoms. The summed E-state index contributed by atoms with van der Waals surface area (Å²) in [5, 5.41) is 14.0. The second-order valence-corrected chi connectivity index (χ2v) is 5.24. The number of hydrogen-bond donors (Lipinski definition) is 2. The van der Waals surface area contributed by atoms with E-state index in [0.29, 0.717) is 18.8 Å². The van der Waals surface area contributed by atoms with Crippen molar-refractivity contribution in [2.24, 2.45) is 5.73 Å². The van der Waals surface area contributed by atoms with Crippen molar-refractivity contribution < 1.29 is 13.5 Å². The molecule has 0 bridgehead atoms. The van der Waals surface area contributed by atoms with Crippen LogP contribution in [-0.2, 0) is 0 Å². The van der Waals surface area contributed by atoms with Gasteiger partial charge in [0, 0.05) is 13.1 Å². The van der Waals surface area contributed by atoms with Gasteiger partial charge in [-0.3, -0.25) is 4.52 Å². The lowest BCUT2D eigenvalue weighted by atomic mass is 10.3. The van der Waals surface area contributed by atoms with Crippen molar-refractivity contribution in [3.8, 4) is 17.2 Å². The maximum atomic E-state index is 13.4. The van der Waals surface area contributed by atoms with Crippen LogP contribution in [0.4, 0.5) is 10.2 Å². The molecular weight excluding hydrogens is 411 g/mol. The van der Waals surface area contributed by atoms with Crippen molar-refractivity contribution in [3.63, 3.8) is 0 Å². The Morgan fingerprint density at radius 1 is 1.33 bits per heavy atom. The highest BCUT2D eigenvalue weighted by Gasteiger charge is 2.22. The summed E-state index contributed by atoms with van der Waals surface area (Å²) in [4.78, 5) is 12.0. The standard InChI is InChI=1S/C12H10BrFN6O3.ClH/c13-7-5-6(1-2-8(7)14)20-11(19-22-12(20)21)9-10(16-4-3-15)18-23-17-9;/h1-2,5H,3-4,15H2,(H,16,18);1H. The zero-order chi connectivity index (χ0) is 16.4. The van der Waals surface area contributed by atoms with Gasteiger partial charge in [0.05, 0.1) is 10.2 Å². The van der Waals surface area contributed by atoms with Crippen LogP contribution >= 0.6 is 28.3 Å². The molecule has 2 heterocycles. The number of nitrogens with zero attached hydrogens (tertiary/aromatic N) is 4. The fraction of sp³-hybridized carbons (Fsp3) is 0.167. The molecule has 0 fully saturated rings. The first-order valence-electron chi connectivity index (χ1n) is 6.43. The predicted octanol–water partition coefficient (Wildman–Crippen LogP) is 1.57. The Morgan fingerprint density at radius 2 is 2.12 bits per heavy atom. The Kier molecular flexibility index (Phi) is 5.70. The van der Waals surface area contributed by atoms with E-state index >= 15 is 0 Å². The average Bonchev–Trinajstić information content (AvgIpc) is 3.14. The van der Waals surface area contributed by atoms with Crippen molar-refractivity contribution in [2.75, 3.05) is 18.4 Å². The van der Waals surface area contributed by atoms with Crippen LogP contribution in [0, 0.1) is 5.82 Å². The highest BCUT2D eigenvalue weighted by atomic mass is 79.9. The molecular formula is C12H11BrClFN6O3. The summed E-state index contributed by atoms with van der Waals surface area (Å²) in [6.45, 7) is 0.786. The summed E-state index contributed by atoms with van der Waals surface area (Å²) in [5.41, 5.74) is 5.93. The van der Waals surface area contributed by atoms with Gasteiger partial charge in [0.15, 0.2) is 5.69 Å². The summed E-state index contributed by atoms with van der Waals surface area (Å²) in [7, 11) is 0. The lowest BCUT2D eigenvalue weighted by Gasteiger charge is -2.05. The van der Waals surface area contributed by atoms with Crippen LogP contribution in [-0.4, -0.2) is 33.1 Å². The molecule has 128 valence electrons. The molecule has 0 aliphatic carbocycles. The van der Waals surface area contributed by atoms with Crippen LogP contribution < -0.4 is 16.8 Å². The van der Waals surface area contributed by atoms with Gasteiger partial charge in [0.1, 0.15) is 5.82 Å². The Labute approximate surface area is 148 Å². The second kappa shape index (κ2) is 7.55. The number of rotatable bonds is 5. The highest BCUT2D eigenvalue weighted by Crippen LogP contribution is 2.25. The van der Waals surface area contributed by atoms with Crippen LogP contribution in [0.1, 0.15) is 0 Å². The van der Waals surface area contributed by atoms with Gasteiger partial charge in [-0.1, -0.05) is 5.16 Å². The highest BCUT2D eigenvalue weighted by molar-refractivity contribution is 9.10. The fourth-order valence-corrected chi connectivity index (χ4v) is 2.26. The monoisotopic (exact) mass is 420 g/mol. The van der Waals surface area contributed by atoms with Gasteiger partial charge in [0.2, 0.25) is 11.6 Å². The molecule has 0 radical (unpaired) electrons. The zero-order valence-electron chi connectivity index (χ0n) is 11.9. The van der Waals surface area contributed by atoms with Crippen molar-refractivity contribution in [1.82, 2.24) is 20.0 Å². The van der Waals surface area contributed by atoms with Gasteiger partial charge in [-0.25, -0.2) is 18.4 Å². The first kappa shape index (κ1) is 18.1. The van der Waals surface area contributed by atoms with Crippen molar-refractivity contribution in [2.45, 2.75) is 0 Å². The van der Waals surface area contributed by atoms with Gasteiger partial charge >= 0.3 is 5.76 Å². The second-order valence-electron chi connectivity index (χ2n) is 4.38. The molecule has 0 aliphatic rings. The molecule has 3 aromatic rings. The van der Waals surface area contributed by atoms with Gasteiger partial charge < -0.3 is 11.1 Å². The van der Waals surface area contributed by atoms with Crippen LogP contribution in [0.3, 0.4) is 0 Å². The Balaban J connectivity index is 0.00000208. The topological polar surface area (TPSA) is 125 Å². The summed E-state index contributed by atoms with van der Waals surface area (Å²) in [6.07, 6.45) is 0. The molecule has 0 saturated heterocycles. The van der Waals surface area contributed by atoms with E-state index in [0.717, 1.165) is 4.57 Å². The van der Waals surface area contributed by atoms with Gasteiger partial charge in [-0.2, -0.15) is 0 Å². The largest absolute Gasteiger partial charge is 0.446 e. The molecule has 3 rings (SSSR count). The third kappa shape index (κ3) is 3.32. The van der Waals surface area contributed by atoms with E-state index in [2.05, 4.69) is 45.9 Å². The van der Waals surface area contributed by atoms with Gasteiger partial charge in [-0.15, -0.1) is 12.4 Å². The SMILES string of the molecule is Cl.NCCNc1nonc1-c1noc(=O)n1-c1ccc(F)c(Br)c1. The van der Waals surface area contributed by atoms with E-state index in [4.69, 9.17) is 5.73 Å². The first-order valence-corrected chi connectivity index (χ1v) is 7.22. The van der Waals surface area contributed by atoms with Gasteiger partial charge in [-0.05, 0) is 44.4 Å². The Hall–Kier alpha value is -2.24. The van der Waals surface area contributed by atoms with E-state index in [1.54, 1.807) is 0 Å². The summed E-state index contributed by atoms with van der Waals surface area (Å²) < 4.78 is 24.1. The summed E-state index contributed by atoms with van der Waals surface area (Å²) >= 11 is 3.06. The molecule has 0 atom stereocenters. The quantitative estimate of drug-likeness (QED) is 0.636. The minimum Gasteiger partial charge on any atom is -0.364 e. The molecule has 24 heavy (non-hydrogen) atoms. The Morgan fingerprint density at radius 3 is 2.83 bits per heavy atom. The first-order chi connectivity index (χ1) is 11.1. The maximum absolute atomic E-state index is 13.4. The smallest absolute Gasteiger partial charge is 0.364 e. The predicted molar refractivity (Wildman–Crippen MR) is 87.8 cm³/mol. The molecule has 0 amide bonds. The molecule has 0 saturated carbocycles. The Bertz CT molecular complexity index is 895. The van der Waals surface area contributed by atoms with Crippen molar-refractivity contribution in [1.29, 1.82) is 0 Å². The van der Waals surface area contributed by atoms with E-state index in [9.17, 15) is 9.18 Å². The number of halogens is 3. The molecule has 2 aromatic heterocycles. The van der Waals surface area contributed by atoms with E-state index in [1.807, 2.05) is 0 Å². The summed E-state index contributed by atoms with van der Waals surface area (Å²) in [5.74, 6) is -0.896. The summed E-state index contributed by atoms with van der Waals surface area (Å²) in [6, 6.07) is 4.03. The fourth-order valence-electron chi connectivity index (χ4n) is 1.89. The molecule has 9 nitrogen and oxygen atoms in total. The van der Waals surface area contributed by atoms with Gasteiger partial charge in [0.25, 0.3) is 0 Å². The molecule has 1 aromatic carbocycles. The molecule has 12 heteroatoms. The van der Waals surface area contributed by atoms with Crippen molar-refractivity contribution >= 4 is 34.2 Å². The minimum absolute atomic E-state index is 0. The zero-order valence-corrected chi connectivity index (χ0v) is 14.3. The number of aromatic nitrogens is 4. The number of benzene rings is 1. The molecule has 0 aliphatic heterocycles. The molecule has 3 N–H and O–H groups in total. The molecule has 0 unspecified atom stereocenters. The maximum Gasteiger partial charge on any atom is 0.446 e. The van der Waals surface area contributed by atoms with E-state index in [-0.39, 0.29) is 34.2 Å². The van der Waals surface area contributed by atoms with Crippen LogP contribution in [0.5, 0.6) is 0 Å².